The molecule has 18 heavy (non-hydrogen) atoms. The molecule has 0 aliphatic heterocycles. The number of thioether (sulfide) groups is 1. The number of pyridine rings is 1. The third kappa shape index (κ3) is 4.03. The summed E-state index contributed by atoms with van der Waals surface area (Å²) in [6, 6.07) is 2.43. The topological polar surface area (TPSA) is 79.3 Å². The number of hydrogen-bond donors (Lipinski definition) is 2. The molecule has 6 heteroatoms. The summed E-state index contributed by atoms with van der Waals surface area (Å²) in [4.78, 5) is 26.9. The molecule has 0 aromatic carbocycles. The molecule has 0 aliphatic carbocycles. The Hall–Kier alpha value is -1.56. The number of carboxylic acid groups (broad SMARTS) is 1. The highest BCUT2D eigenvalue weighted by Crippen LogP contribution is 2.06. The fraction of sp³-hybridized carbons (Fsp3) is 0.417. The van der Waals surface area contributed by atoms with Crippen LogP contribution in [0, 0.1) is 6.92 Å². The first kappa shape index (κ1) is 14.5. The average molecular weight is 268 g/mol. The van der Waals surface area contributed by atoms with Crippen LogP contribution in [0.5, 0.6) is 0 Å². The van der Waals surface area contributed by atoms with Crippen LogP contribution in [0.3, 0.4) is 0 Å². The van der Waals surface area contributed by atoms with Crippen LogP contribution in [0.1, 0.15) is 22.5 Å². The third-order valence-electron chi connectivity index (χ3n) is 2.47. The lowest BCUT2D eigenvalue weighted by atomic mass is 10.1. The highest BCUT2D eigenvalue weighted by Gasteiger charge is 2.20. The number of carbonyl (C=O) groups excluding carboxylic acids is 1. The molecular formula is C12H16N2O3S. The van der Waals surface area contributed by atoms with E-state index in [0.29, 0.717) is 23.4 Å². The molecule has 98 valence electrons. The number of aromatic nitrogens is 1. The zero-order chi connectivity index (χ0) is 13.5. The van der Waals surface area contributed by atoms with Gasteiger partial charge in [0, 0.05) is 11.9 Å². The fourth-order valence-electron chi connectivity index (χ4n) is 1.45. The molecule has 1 atom stereocenters. The predicted molar refractivity (Wildman–Crippen MR) is 70.9 cm³/mol. The van der Waals surface area contributed by atoms with Crippen LogP contribution in [0.15, 0.2) is 18.3 Å². The Morgan fingerprint density at radius 2 is 2.28 bits per heavy atom. The molecule has 0 bridgehead atoms. The summed E-state index contributed by atoms with van der Waals surface area (Å²) in [5, 5.41) is 11.5. The molecular weight excluding hydrogens is 252 g/mol. The van der Waals surface area contributed by atoms with Crippen molar-refractivity contribution < 1.29 is 14.7 Å². The van der Waals surface area contributed by atoms with Crippen LogP contribution in [-0.4, -0.2) is 40.0 Å². The highest BCUT2D eigenvalue weighted by atomic mass is 32.2. The molecule has 5 nitrogen and oxygen atoms in total. The van der Waals surface area contributed by atoms with Crippen molar-refractivity contribution in [3.63, 3.8) is 0 Å². The van der Waals surface area contributed by atoms with Gasteiger partial charge in [0.05, 0.1) is 5.56 Å². The van der Waals surface area contributed by atoms with Gasteiger partial charge >= 0.3 is 5.97 Å². The summed E-state index contributed by atoms with van der Waals surface area (Å²) in [5.41, 5.74) is 0.997. The first-order valence-electron chi connectivity index (χ1n) is 5.50. The zero-order valence-corrected chi connectivity index (χ0v) is 11.2. The highest BCUT2D eigenvalue weighted by molar-refractivity contribution is 7.98. The standard InChI is InChI=1S/C12H16N2O3S/c1-8-9(4-3-6-13-8)11(15)14-10(12(16)17)5-7-18-2/h3-4,6,10H,5,7H2,1-2H3,(H,14,15)(H,16,17)/t10-/m1/s1. The van der Waals surface area contributed by atoms with E-state index in [9.17, 15) is 9.59 Å². The second kappa shape index (κ2) is 7.00. The average Bonchev–Trinajstić information content (AvgIpc) is 2.34. The van der Waals surface area contributed by atoms with Crippen LogP contribution < -0.4 is 5.32 Å². The van der Waals surface area contributed by atoms with Gasteiger partial charge in [-0.25, -0.2) is 4.79 Å². The maximum atomic E-state index is 11.9. The number of nitrogens with zero attached hydrogens (tertiary/aromatic N) is 1. The van der Waals surface area contributed by atoms with E-state index in [1.165, 1.54) is 0 Å². The predicted octanol–water partition coefficient (Wildman–Crippen LogP) is 1.33. The molecule has 0 radical (unpaired) electrons. The number of aryl methyl sites for hydroxylation is 1. The minimum absolute atomic E-state index is 0.394. The molecule has 1 aromatic rings. The molecule has 1 aromatic heterocycles. The van der Waals surface area contributed by atoms with Gasteiger partial charge in [-0.2, -0.15) is 11.8 Å². The van der Waals surface area contributed by atoms with Gasteiger partial charge in [0.1, 0.15) is 6.04 Å². The van der Waals surface area contributed by atoms with Crippen molar-refractivity contribution >= 4 is 23.6 Å². The van der Waals surface area contributed by atoms with Crippen LogP contribution in [0.2, 0.25) is 0 Å². The van der Waals surface area contributed by atoms with Gasteiger partial charge in [0.15, 0.2) is 0 Å². The van der Waals surface area contributed by atoms with Crippen molar-refractivity contribution in [3.8, 4) is 0 Å². The van der Waals surface area contributed by atoms with Gasteiger partial charge < -0.3 is 10.4 Å². The van der Waals surface area contributed by atoms with Gasteiger partial charge in [0.25, 0.3) is 5.91 Å². The first-order valence-corrected chi connectivity index (χ1v) is 6.90. The Bertz CT molecular complexity index is 437. The number of amides is 1. The number of carbonyl (C=O) groups is 2. The van der Waals surface area contributed by atoms with Gasteiger partial charge in [-0.1, -0.05) is 0 Å². The molecule has 0 aliphatic rings. The van der Waals surface area contributed by atoms with E-state index in [2.05, 4.69) is 10.3 Å². The van der Waals surface area contributed by atoms with Gasteiger partial charge in [-0.15, -0.1) is 0 Å². The number of rotatable bonds is 6. The maximum absolute atomic E-state index is 11.9. The second-order valence-electron chi connectivity index (χ2n) is 3.78. The number of aliphatic carboxylic acids is 1. The number of carboxylic acids is 1. The normalized spacial score (nSPS) is 11.9. The Morgan fingerprint density at radius 3 is 2.83 bits per heavy atom. The summed E-state index contributed by atoms with van der Waals surface area (Å²) in [7, 11) is 0. The van der Waals surface area contributed by atoms with Gasteiger partial charge in [0.2, 0.25) is 0 Å². The molecule has 0 saturated carbocycles. The van der Waals surface area contributed by atoms with E-state index < -0.39 is 17.9 Å². The van der Waals surface area contributed by atoms with Crippen LogP contribution in [-0.2, 0) is 4.79 Å². The van der Waals surface area contributed by atoms with E-state index in [1.807, 2.05) is 6.26 Å². The second-order valence-corrected chi connectivity index (χ2v) is 4.77. The minimum Gasteiger partial charge on any atom is -0.480 e. The molecule has 1 rings (SSSR count). The molecule has 2 N–H and O–H groups in total. The monoisotopic (exact) mass is 268 g/mol. The van der Waals surface area contributed by atoms with E-state index in [0.717, 1.165) is 0 Å². The SMILES string of the molecule is CSCC[C@@H](NC(=O)c1cccnc1C)C(=O)O. The van der Waals surface area contributed by atoms with E-state index in [4.69, 9.17) is 5.11 Å². The van der Waals surface area contributed by atoms with Crippen molar-refractivity contribution in [1.29, 1.82) is 0 Å². The fourth-order valence-corrected chi connectivity index (χ4v) is 1.92. The minimum atomic E-state index is -1.01. The van der Waals surface area contributed by atoms with Crippen LogP contribution in [0.25, 0.3) is 0 Å². The maximum Gasteiger partial charge on any atom is 0.326 e. The molecule has 1 heterocycles. The summed E-state index contributed by atoms with van der Waals surface area (Å²) >= 11 is 1.55. The Morgan fingerprint density at radius 1 is 1.56 bits per heavy atom. The van der Waals surface area contributed by atoms with Crippen LogP contribution in [0.4, 0.5) is 0 Å². The quantitative estimate of drug-likeness (QED) is 0.813. The Kier molecular flexibility index (Phi) is 5.64. The molecule has 1 amide bonds. The van der Waals surface area contributed by atoms with E-state index in [1.54, 1.807) is 37.0 Å². The van der Waals surface area contributed by atoms with Gasteiger partial charge in [-0.05, 0) is 37.5 Å². The zero-order valence-electron chi connectivity index (χ0n) is 10.3. The van der Waals surface area contributed by atoms with Crippen molar-refractivity contribution in [2.24, 2.45) is 0 Å². The lowest BCUT2D eigenvalue weighted by Gasteiger charge is -2.14. The van der Waals surface area contributed by atoms with Crippen molar-refractivity contribution in [2.75, 3.05) is 12.0 Å². The Balaban J connectivity index is 2.72. The van der Waals surface area contributed by atoms with Crippen molar-refractivity contribution in [3.05, 3.63) is 29.6 Å². The molecule has 0 saturated heterocycles. The summed E-state index contributed by atoms with van der Waals surface area (Å²) < 4.78 is 0. The Labute approximate surface area is 110 Å². The van der Waals surface area contributed by atoms with Gasteiger partial charge in [-0.3, -0.25) is 9.78 Å². The van der Waals surface area contributed by atoms with E-state index in [-0.39, 0.29) is 0 Å². The molecule has 0 unspecified atom stereocenters. The largest absolute Gasteiger partial charge is 0.480 e. The lowest BCUT2D eigenvalue weighted by Crippen LogP contribution is -2.41. The van der Waals surface area contributed by atoms with E-state index >= 15 is 0 Å². The molecule has 0 fully saturated rings. The van der Waals surface area contributed by atoms with Crippen molar-refractivity contribution in [1.82, 2.24) is 10.3 Å². The summed E-state index contributed by atoms with van der Waals surface area (Å²) in [6.45, 7) is 1.71. The summed E-state index contributed by atoms with van der Waals surface area (Å²) in [5.74, 6) is -0.725. The van der Waals surface area contributed by atoms with Crippen molar-refractivity contribution in [2.45, 2.75) is 19.4 Å². The summed E-state index contributed by atoms with van der Waals surface area (Å²) in [6.07, 6.45) is 3.89. The first-order chi connectivity index (χ1) is 8.56. The smallest absolute Gasteiger partial charge is 0.326 e. The number of hydrogen-bond acceptors (Lipinski definition) is 4. The lowest BCUT2D eigenvalue weighted by molar-refractivity contribution is -0.139. The molecule has 0 spiro atoms. The third-order valence-corrected chi connectivity index (χ3v) is 3.11. The number of nitrogens with one attached hydrogen (secondary N) is 1. The van der Waals surface area contributed by atoms with Crippen LogP contribution >= 0.6 is 11.8 Å².